The van der Waals surface area contributed by atoms with Crippen LogP contribution < -0.4 is 5.11 Å². The van der Waals surface area contributed by atoms with E-state index in [0.29, 0.717) is 6.42 Å². The molecule has 22 heavy (non-hydrogen) atoms. The molecule has 1 aromatic carbocycles. The molecule has 4 nitrogen and oxygen atoms in total. The Morgan fingerprint density at radius 3 is 2.77 bits per heavy atom. The van der Waals surface area contributed by atoms with Crippen molar-refractivity contribution in [3.63, 3.8) is 0 Å². The number of carboxylic acid groups (broad SMARTS) is 1. The molecule has 1 aliphatic heterocycles. The van der Waals surface area contributed by atoms with E-state index in [2.05, 4.69) is 0 Å². The Hall–Kier alpha value is -1.73. The van der Waals surface area contributed by atoms with Gasteiger partial charge < -0.3 is 9.90 Å². The van der Waals surface area contributed by atoms with Crippen LogP contribution in [0.1, 0.15) is 25.3 Å². The van der Waals surface area contributed by atoms with Crippen molar-refractivity contribution in [2.45, 2.75) is 25.8 Å². The minimum absolute atomic E-state index is 0.148. The second-order valence-corrected chi connectivity index (χ2v) is 6.37. The molecule has 0 aliphatic carbocycles. The zero-order valence-corrected chi connectivity index (χ0v) is 13.4. The van der Waals surface area contributed by atoms with Crippen LogP contribution >= 0.6 is 24.0 Å². The summed E-state index contributed by atoms with van der Waals surface area (Å²) in [6.07, 6.45) is 2.21. The van der Waals surface area contributed by atoms with Gasteiger partial charge in [0.05, 0.1) is 16.9 Å². The van der Waals surface area contributed by atoms with Crippen LogP contribution in [0.3, 0.4) is 0 Å². The fraction of sp³-hybridized carbons (Fsp3) is 0.267. The number of hydrogen-bond donors (Lipinski definition) is 0. The van der Waals surface area contributed by atoms with E-state index in [1.165, 1.54) is 18.2 Å². The maximum Gasteiger partial charge on any atom is 0.266 e. The largest absolute Gasteiger partial charge is 0.548 e. The Morgan fingerprint density at radius 2 is 2.18 bits per heavy atom. The molecule has 7 heteroatoms. The highest BCUT2D eigenvalue weighted by Crippen LogP contribution is 2.35. The number of nitrogens with zero attached hydrogens (tertiary/aromatic N) is 1. The molecule has 0 N–H and O–H groups in total. The van der Waals surface area contributed by atoms with Gasteiger partial charge in [-0.1, -0.05) is 55.5 Å². The van der Waals surface area contributed by atoms with E-state index >= 15 is 0 Å². The maximum atomic E-state index is 13.7. The maximum absolute atomic E-state index is 13.7. The summed E-state index contributed by atoms with van der Waals surface area (Å²) in [5.41, 5.74) is 0.253. The first-order valence-electron chi connectivity index (χ1n) is 6.68. The summed E-state index contributed by atoms with van der Waals surface area (Å²) in [7, 11) is 0. The van der Waals surface area contributed by atoms with Gasteiger partial charge >= 0.3 is 0 Å². The van der Waals surface area contributed by atoms with Gasteiger partial charge in [0, 0.05) is 5.56 Å². The van der Waals surface area contributed by atoms with Crippen LogP contribution in [0.15, 0.2) is 29.2 Å². The molecule has 1 fully saturated rings. The fourth-order valence-electron chi connectivity index (χ4n) is 2.11. The van der Waals surface area contributed by atoms with E-state index in [1.54, 1.807) is 12.1 Å². The first kappa shape index (κ1) is 16.6. The standard InChI is InChI=1S/C15H14FNO3S2/c1-2-5-11(14(19)20)17-13(18)12(22-15(17)21)8-9-6-3-4-7-10(9)16/h3-4,6-8,11H,2,5H2,1H3,(H,19,20)/p-1/b12-8-/t11-/m0/s1. The van der Waals surface area contributed by atoms with Gasteiger partial charge in [-0.3, -0.25) is 9.69 Å². The van der Waals surface area contributed by atoms with E-state index in [-0.39, 0.29) is 21.2 Å². The van der Waals surface area contributed by atoms with E-state index in [4.69, 9.17) is 12.2 Å². The average molecular weight is 338 g/mol. The van der Waals surface area contributed by atoms with E-state index < -0.39 is 23.7 Å². The summed E-state index contributed by atoms with van der Waals surface area (Å²) in [5.74, 6) is -2.33. The highest BCUT2D eigenvalue weighted by Gasteiger charge is 2.37. The average Bonchev–Trinajstić information content (AvgIpc) is 2.73. The minimum Gasteiger partial charge on any atom is -0.548 e. The first-order valence-corrected chi connectivity index (χ1v) is 7.90. The van der Waals surface area contributed by atoms with Gasteiger partial charge in [0.15, 0.2) is 0 Å². The van der Waals surface area contributed by atoms with Crippen LogP contribution in [0.4, 0.5) is 4.39 Å². The lowest BCUT2D eigenvalue weighted by atomic mass is 10.1. The Morgan fingerprint density at radius 1 is 1.50 bits per heavy atom. The quantitative estimate of drug-likeness (QED) is 0.607. The number of aliphatic carboxylic acids is 1. The van der Waals surface area contributed by atoms with Crippen molar-refractivity contribution in [1.82, 2.24) is 4.90 Å². The molecule has 1 heterocycles. The topological polar surface area (TPSA) is 60.4 Å². The molecule has 2 rings (SSSR count). The van der Waals surface area contributed by atoms with Crippen LogP contribution in [-0.4, -0.2) is 27.1 Å². The highest BCUT2D eigenvalue weighted by atomic mass is 32.2. The van der Waals surface area contributed by atoms with E-state index in [0.717, 1.165) is 16.7 Å². The molecule has 1 aromatic rings. The molecule has 0 saturated carbocycles. The Balaban J connectivity index is 2.32. The number of amides is 1. The lowest BCUT2D eigenvalue weighted by molar-refractivity contribution is -0.310. The molecule has 0 bridgehead atoms. The van der Waals surface area contributed by atoms with E-state index in [9.17, 15) is 19.1 Å². The second-order valence-electron chi connectivity index (χ2n) is 4.70. The van der Waals surface area contributed by atoms with Crippen molar-refractivity contribution < 1.29 is 19.1 Å². The summed E-state index contributed by atoms with van der Waals surface area (Å²) < 4.78 is 13.8. The predicted molar refractivity (Wildman–Crippen MR) is 85.1 cm³/mol. The predicted octanol–water partition coefficient (Wildman–Crippen LogP) is 1.95. The van der Waals surface area contributed by atoms with Gasteiger partial charge in [-0.25, -0.2) is 4.39 Å². The summed E-state index contributed by atoms with van der Waals surface area (Å²) in [6, 6.07) is 4.92. The number of carboxylic acids is 1. The van der Waals surface area contributed by atoms with Gasteiger partial charge in [0.25, 0.3) is 5.91 Å². The Bertz CT molecular complexity index is 660. The summed E-state index contributed by atoms with van der Waals surface area (Å²) in [5, 5.41) is 11.2. The second kappa shape index (κ2) is 7.02. The number of benzene rings is 1. The summed E-state index contributed by atoms with van der Waals surface area (Å²) in [6.45, 7) is 1.81. The third-order valence-electron chi connectivity index (χ3n) is 3.16. The van der Waals surface area contributed by atoms with Crippen molar-refractivity contribution >= 4 is 46.3 Å². The fourth-order valence-corrected chi connectivity index (χ4v) is 3.46. The van der Waals surface area contributed by atoms with Gasteiger partial charge in [-0.05, 0) is 18.6 Å². The zero-order chi connectivity index (χ0) is 16.3. The van der Waals surface area contributed by atoms with E-state index in [1.807, 2.05) is 6.92 Å². The SMILES string of the molecule is CCC[C@@H](C(=O)[O-])N1C(=O)/C(=C/c2ccccc2F)SC1=S. The lowest BCUT2D eigenvalue weighted by Crippen LogP contribution is -2.49. The first-order chi connectivity index (χ1) is 10.5. The monoisotopic (exact) mass is 338 g/mol. The lowest BCUT2D eigenvalue weighted by Gasteiger charge is -2.27. The molecule has 0 unspecified atom stereocenters. The van der Waals surface area contributed by atoms with Crippen LogP contribution in [0, 0.1) is 5.82 Å². The van der Waals surface area contributed by atoms with Crippen molar-refractivity contribution in [2.75, 3.05) is 0 Å². The molecule has 0 radical (unpaired) electrons. The van der Waals surface area contributed by atoms with Crippen molar-refractivity contribution in [3.8, 4) is 0 Å². The van der Waals surface area contributed by atoms with Crippen molar-refractivity contribution in [1.29, 1.82) is 0 Å². The molecule has 0 aromatic heterocycles. The smallest absolute Gasteiger partial charge is 0.266 e. The number of thiocarbonyl (C=S) groups is 1. The number of hydrogen-bond acceptors (Lipinski definition) is 5. The van der Waals surface area contributed by atoms with Gasteiger partial charge in [-0.15, -0.1) is 0 Å². The van der Waals surface area contributed by atoms with Gasteiger partial charge in [0.2, 0.25) is 0 Å². The van der Waals surface area contributed by atoms with Crippen LogP contribution in [0.2, 0.25) is 0 Å². The molecule has 1 aliphatic rings. The Kier molecular flexibility index (Phi) is 5.31. The van der Waals surface area contributed by atoms with Crippen LogP contribution in [-0.2, 0) is 9.59 Å². The molecule has 1 amide bonds. The zero-order valence-electron chi connectivity index (χ0n) is 11.7. The van der Waals surface area contributed by atoms with Gasteiger partial charge in [0.1, 0.15) is 10.1 Å². The third kappa shape index (κ3) is 3.36. The number of halogens is 1. The number of carbonyl (C=O) groups excluding carboxylic acids is 2. The van der Waals surface area contributed by atoms with Crippen molar-refractivity contribution in [3.05, 3.63) is 40.6 Å². The normalized spacial score (nSPS) is 18.1. The Labute approximate surface area is 137 Å². The number of rotatable bonds is 5. The van der Waals surface area contributed by atoms with Crippen molar-refractivity contribution in [2.24, 2.45) is 0 Å². The molecule has 1 atom stereocenters. The molecular formula is C15H13FNO3S2-. The third-order valence-corrected chi connectivity index (χ3v) is 4.49. The summed E-state index contributed by atoms with van der Waals surface area (Å²) >= 11 is 6.06. The number of thioether (sulfide) groups is 1. The minimum atomic E-state index is -1.34. The van der Waals surface area contributed by atoms with Crippen LogP contribution in [0.25, 0.3) is 6.08 Å². The molecule has 116 valence electrons. The molecule has 1 saturated heterocycles. The number of carbonyl (C=O) groups is 2. The van der Waals surface area contributed by atoms with Gasteiger partial charge in [-0.2, -0.15) is 0 Å². The highest BCUT2D eigenvalue weighted by molar-refractivity contribution is 8.26. The summed E-state index contributed by atoms with van der Waals surface area (Å²) in [4.78, 5) is 24.9. The molecule has 0 spiro atoms. The van der Waals surface area contributed by atoms with Crippen LogP contribution in [0.5, 0.6) is 0 Å². The molecular weight excluding hydrogens is 325 g/mol.